The van der Waals surface area contributed by atoms with Crippen molar-refractivity contribution in [2.75, 3.05) is 18.9 Å². The number of likely N-dealkylation sites (N-methyl/N-ethyl adjacent to an activating group) is 1. The number of aromatic nitrogens is 2. The Morgan fingerprint density at radius 2 is 2.20 bits per heavy atom. The Kier molecular flexibility index (Phi) is 5.66. The van der Waals surface area contributed by atoms with Crippen molar-refractivity contribution in [2.24, 2.45) is 0 Å². The van der Waals surface area contributed by atoms with E-state index in [-0.39, 0.29) is 17.9 Å². The predicted molar refractivity (Wildman–Crippen MR) is 90.9 cm³/mol. The number of hydrogen-bond donors (Lipinski definition) is 2. The number of rotatable bonds is 5. The van der Waals surface area contributed by atoms with Crippen molar-refractivity contribution in [1.29, 1.82) is 0 Å². The third-order valence-electron chi connectivity index (χ3n) is 3.57. The molecule has 1 unspecified atom stereocenters. The molecule has 138 valence electrons. The van der Waals surface area contributed by atoms with Crippen LogP contribution in [0.15, 0.2) is 12.3 Å². The zero-order valence-corrected chi connectivity index (χ0v) is 15.0. The molecule has 0 aromatic carbocycles. The molecule has 2 N–H and O–H groups in total. The lowest BCUT2D eigenvalue weighted by molar-refractivity contribution is -0.133. The van der Waals surface area contributed by atoms with Crippen molar-refractivity contribution >= 4 is 23.7 Å². The summed E-state index contributed by atoms with van der Waals surface area (Å²) in [5.74, 6) is -0.0383. The minimum absolute atomic E-state index is 0.251. The van der Waals surface area contributed by atoms with Gasteiger partial charge in [0.1, 0.15) is 17.5 Å². The SMILES string of the molecule is CN(CCn1ccc(NC2CCC(=O)NC2=O)n1)C(=O)OC(C)(C)C. The van der Waals surface area contributed by atoms with Crippen LogP contribution in [-0.4, -0.2) is 57.8 Å². The van der Waals surface area contributed by atoms with E-state index in [2.05, 4.69) is 15.7 Å². The molecule has 0 aliphatic carbocycles. The Bertz CT molecular complexity index is 649. The van der Waals surface area contributed by atoms with Gasteiger partial charge in [-0.2, -0.15) is 5.10 Å². The van der Waals surface area contributed by atoms with Crippen LogP contribution in [0, 0.1) is 0 Å². The average Bonchev–Trinajstić information content (AvgIpc) is 2.93. The van der Waals surface area contributed by atoms with Gasteiger partial charge in [-0.1, -0.05) is 0 Å². The van der Waals surface area contributed by atoms with Crippen LogP contribution in [0.25, 0.3) is 0 Å². The van der Waals surface area contributed by atoms with E-state index in [0.717, 1.165) is 0 Å². The lowest BCUT2D eigenvalue weighted by Gasteiger charge is -2.24. The Hall–Kier alpha value is -2.58. The van der Waals surface area contributed by atoms with Crippen molar-refractivity contribution < 1.29 is 19.1 Å². The number of piperidine rings is 1. The molecule has 1 aliphatic rings. The number of carbonyl (C=O) groups is 3. The highest BCUT2D eigenvalue weighted by molar-refractivity contribution is 6.01. The molecule has 0 radical (unpaired) electrons. The van der Waals surface area contributed by atoms with Crippen LogP contribution in [0.3, 0.4) is 0 Å². The van der Waals surface area contributed by atoms with E-state index in [1.54, 1.807) is 24.0 Å². The number of ether oxygens (including phenoxy) is 1. The Labute approximate surface area is 146 Å². The van der Waals surface area contributed by atoms with Gasteiger partial charge in [0, 0.05) is 32.3 Å². The average molecular weight is 351 g/mol. The fraction of sp³-hybridized carbons (Fsp3) is 0.625. The summed E-state index contributed by atoms with van der Waals surface area (Å²) in [6.07, 6.45) is 2.13. The smallest absolute Gasteiger partial charge is 0.410 e. The number of imide groups is 1. The summed E-state index contributed by atoms with van der Waals surface area (Å²) in [5, 5.41) is 9.63. The molecule has 1 aromatic heterocycles. The topological polar surface area (TPSA) is 106 Å². The highest BCUT2D eigenvalue weighted by Crippen LogP contribution is 2.12. The van der Waals surface area contributed by atoms with Gasteiger partial charge in [-0.3, -0.25) is 19.6 Å². The Morgan fingerprint density at radius 3 is 2.84 bits per heavy atom. The molecule has 2 heterocycles. The van der Waals surface area contributed by atoms with Crippen LogP contribution in [-0.2, 0) is 20.9 Å². The van der Waals surface area contributed by atoms with Crippen LogP contribution in [0.5, 0.6) is 0 Å². The summed E-state index contributed by atoms with van der Waals surface area (Å²) in [7, 11) is 1.67. The third-order valence-corrected chi connectivity index (χ3v) is 3.57. The fourth-order valence-corrected chi connectivity index (χ4v) is 2.26. The first kappa shape index (κ1) is 18.8. The zero-order valence-electron chi connectivity index (χ0n) is 15.0. The van der Waals surface area contributed by atoms with Crippen LogP contribution in [0.1, 0.15) is 33.6 Å². The fourth-order valence-electron chi connectivity index (χ4n) is 2.26. The van der Waals surface area contributed by atoms with Crippen LogP contribution in [0.2, 0.25) is 0 Å². The lowest BCUT2D eigenvalue weighted by Crippen LogP contribution is -2.47. The number of nitrogens with one attached hydrogen (secondary N) is 2. The molecule has 2 rings (SSSR count). The molecular formula is C16H25N5O4. The molecule has 9 nitrogen and oxygen atoms in total. The van der Waals surface area contributed by atoms with Gasteiger partial charge in [-0.05, 0) is 27.2 Å². The number of nitrogens with zero attached hydrogens (tertiary/aromatic N) is 3. The summed E-state index contributed by atoms with van der Waals surface area (Å²) in [6.45, 7) is 6.39. The summed E-state index contributed by atoms with van der Waals surface area (Å²) in [5.41, 5.74) is -0.532. The van der Waals surface area contributed by atoms with Gasteiger partial charge in [-0.25, -0.2) is 4.79 Å². The summed E-state index contributed by atoms with van der Waals surface area (Å²) in [4.78, 5) is 36.3. The van der Waals surface area contributed by atoms with E-state index >= 15 is 0 Å². The maximum absolute atomic E-state index is 11.9. The molecule has 1 fully saturated rings. The van der Waals surface area contributed by atoms with E-state index in [1.807, 2.05) is 20.8 Å². The van der Waals surface area contributed by atoms with E-state index in [0.29, 0.717) is 31.7 Å². The van der Waals surface area contributed by atoms with E-state index in [4.69, 9.17) is 4.74 Å². The third kappa shape index (κ3) is 5.77. The number of hydrogen-bond acceptors (Lipinski definition) is 6. The predicted octanol–water partition coefficient (Wildman–Crippen LogP) is 0.967. The minimum atomic E-state index is -0.532. The first-order valence-corrected chi connectivity index (χ1v) is 8.22. The molecule has 0 spiro atoms. The second kappa shape index (κ2) is 7.54. The summed E-state index contributed by atoms with van der Waals surface area (Å²) < 4.78 is 6.96. The molecule has 0 bridgehead atoms. The number of amides is 3. The van der Waals surface area contributed by atoms with Crippen molar-refractivity contribution in [1.82, 2.24) is 20.0 Å². The molecule has 0 saturated carbocycles. The van der Waals surface area contributed by atoms with Crippen molar-refractivity contribution in [3.05, 3.63) is 12.3 Å². The number of carbonyl (C=O) groups excluding carboxylic acids is 3. The van der Waals surface area contributed by atoms with Gasteiger partial charge in [0.2, 0.25) is 11.8 Å². The quantitative estimate of drug-likeness (QED) is 0.766. The van der Waals surface area contributed by atoms with Gasteiger partial charge in [0.25, 0.3) is 0 Å². The first-order valence-electron chi connectivity index (χ1n) is 8.22. The molecule has 1 saturated heterocycles. The maximum atomic E-state index is 11.9. The van der Waals surface area contributed by atoms with Gasteiger partial charge in [-0.15, -0.1) is 0 Å². The van der Waals surface area contributed by atoms with Crippen molar-refractivity contribution in [3.8, 4) is 0 Å². The Balaban J connectivity index is 1.82. The molecule has 3 amide bonds. The monoisotopic (exact) mass is 351 g/mol. The molecule has 25 heavy (non-hydrogen) atoms. The zero-order chi connectivity index (χ0) is 18.6. The van der Waals surface area contributed by atoms with E-state index in [9.17, 15) is 14.4 Å². The first-order chi connectivity index (χ1) is 11.6. The van der Waals surface area contributed by atoms with Crippen molar-refractivity contribution in [2.45, 2.75) is 51.8 Å². The standard InChI is InChI=1S/C16H25N5O4/c1-16(2,3)25-15(24)20(4)9-10-21-8-7-12(19-21)17-11-5-6-13(22)18-14(11)23/h7-8,11H,5-6,9-10H2,1-4H3,(H,17,19)(H,18,22,23). The summed E-state index contributed by atoms with van der Waals surface area (Å²) >= 11 is 0. The van der Waals surface area contributed by atoms with Crippen molar-refractivity contribution in [3.63, 3.8) is 0 Å². The van der Waals surface area contributed by atoms with Gasteiger partial charge in [0.15, 0.2) is 0 Å². The maximum Gasteiger partial charge on any atom is 0.410 e. The lowest BCUT2D eigenvalue weighted by atomic mass is 10.1. The highest BCUT2D eigenvalue weighted by atomic mass is 16.6. The minimum Gasteiger partial charge on any atom is -0.444 e. The Morgan fingerprint density at radius 1 is 1.48 bits per heavy atom. The molecule has 1 aliphatic heterocycles. The van der Waals surface area contributed by atoms with Gasteiger partial charge < -0.3 is 15.0 Å². The normalized spacial score (nSPS) is 17.8. The molecule has 1 aromatic rings. The van der Waals surface area contributed by atoms with Crippen LogP contribution >= 0.6 is 0 Å². The second-order valence-corrected chi connectivity index (χ2v) is 7.01. The van der Waals surface area contributed by atoms with Crippen LogP contribution in [0.4, 0.5) is 10.6 Å². The molecule has 1 atom stereocenters. The van der Waals surface area contributed by atoms with Crippen LogP contribution < -0.4 is 10.6 Å². The highest BCUT2D eigenvalue weighted by Gasteiger charge is 2.26. The van der Waals surface area contributed by atoms with Gasteiger partial charge >= 0.3 is 6.09 Å². The number of anilines is 1. The summed E-state index contributed by atoms with van der Waals surface area (Å²) in [6, 6.07) is 1.28. The van der Waals surface area contributed by atoms with E-state index in [1.165, 1.54) is 4.90 Å². The molecular weight excluding hydrogens is 326 g/mol. The second-order valence-electron chi connectivity index (χ2n) is 7.01. The van der Waals surface area contributed by atoms with Gasteiger partial charge in [0.05, 0.1) is 6.54 Å². The molecule has 9 heteroatoms. The van der Waals surface area contributed by atoms with E-state index < -0.39 is 11.6 Å². The largest absolute Gasteiger partial charge is 0.444 e.